The number of carboxylic acids is 1. The third-order valence-electron chi connectivity index (χ3n) is 1.49. The molecule has 0 aromatic heterocycles. The number of aliphatic carboxylic acids is 1. The van der Waals surface area contributed by atoms with Gasteiger partial charge in [-0.3, -0.25) is 4.79 Å². The van der Waals surface area contributed by atoms with E-state index < -0.39 is 12.1 Å². The molecule has 0 bridgehead atoms. The molecule has 0 fully saturated rings. The maximum absolute atomic E-state index is 10.1. The second-order valence-electron chi connectivity index (χ2n) is 2.66. The summed E-state index contributed by atoms with van der Waals surface area (Å²) in [4.78, 5) is 10.1. The first-order valence-corrected chi connectivity index (χ1v) is 3.93. The standard InChI is InChI=1S/C8H13NO3/c9-5-3-1-2-4-7(10)6-8(11)12/h7,10H,1-4,6H2,(H,11,12)/t7-/m0/s1. The first-order chi connectivity index (χ1) is 5.66. The lowest BCUT2D eigenvalue weighted by Crippen LogP contribution is -2.12. The fourth-order valence-electron chi connectivity index (χ4n) is 0.888. The van der Waals surface area contributed by atoms with Crippen molar-refractivity contribution in [3.8, 4) is 6.07 Å². The largest absolute Gasteiger partial charge is 0.481 e. The number of aliphatic hydroxyl groups is 1. The van der Waals surface area contributed by atoms with Crippen LogP contribution in [0.3, 0.4) is 0 Å². The summed E-state index contributed by atoms with van der Waals surface area (Å²) in [5, 5.41) is 25.5. The summed E-state index contributed by atoms with van der Waals surface area (Å²) in [5.74, 6) is -0.984. The minimum absolute atomic E-state index is 0.202. The van der Waals surface area contributed by atoms with Crippen molar-refractivity contribution in [1.82, 2.24) is 0 Å². The molecule has 1 atom stereocenters. The summed E-state index contributed by atoms with van der Waals surface area (Å²) < 4.78 is 0. The quantitative estimate of drug-likeness (QED) is 0.582. The number of carbonyl (C=O) groups is 1. The molecule has 0 spiro atoms. The molecule has 4 nitrogen and oxygen atoms in total. The average Bonchev–Trinajstić information content (AvgIpc) is 1.97. The van der Waals surface area contributed by atoms with Gasteiger partial charge in [-0.25, -0.2) is 0 Å². The third-order valence-corrected chi connectivity index (χ3v) is 1.49. The monoisotopic (exact) mass is 171 g/mol. The Morgan fingerprint density at radius 1 is 1.50 bits per heavy atom. The topological polar surface area (TPSA) is 81.3 Å². The predicted molar refractivity (Wildman–Crippen MR) is 42.3 cm³/mol. The van der Waals surface area contributed by atoms with Crippen LogP contribution in [0.25, 0.3) is 0 Å². The van der Waals surface area contributed by atoms with Crippen LogP contribution in [0.1, 0.15) is 32.1 Å². The Labute approximate surface area is 71.4 Å². The Kier molecular flexibility index (Phi) is 6.02. The maximum Gasteiger partial charge on any atom is 0.305 e. The van der Waals surface area contributed by atoms with Crippen molar-refractivity contribution in [3.05, 3.63) is 0 Å². The van der Waals surface area contributed by atoms with Gasteiger partial charge >= 0.3 is 5.97 Å². The van der Waals surface area contributed by atoms with E-state index >= 15 is 0 Å². The minimum Gasteiger partial charge on any atom is -0.481 e. The molecular formula is C8H13NO3. The van der Waals surface area contributed by atoms with Crippen molar-refractivity contribution >= 4 is 5.97 Å². The lowest BCUT2D eigenvalue weighted by Gasteiger charge is -2.05. The molecule has 0 aromatic rings. The van der Waals surface area contributed by atoms with Crippen LogP contribution in [0.4, 0.5) is 0 Å². The van der Waals surface area contributed by atoms with Gasteiger partial charge in [0, 0.05) is 6.42 Å². The Morgan fingerprint density at radius 2 is 2.17 bits per heavy atom. The van der Waals surface area contributed by atoms with E-state index in [0.29, 0.717) is 19.3 Å². The number of carboxylic acid groups (broad SMARTS) is 1. The highest BCUT2D eigenvalue weighted by molar-refractivity contribution is 5.67. The second-order valence-corrected chi connectivity index (χ2v) is 2.66. The minimum atomic E-state index is -0.984. The molecule has 68 valence electrons. The predicted octanol–water partition coefficient (Wildman–Crippen LogP) is 0.906. The first kappa shape index (κ1) is 10.9. The summed E-state index contributed by atoms with van der Waals surface area (Å²) in [6, 6.07) is 1.98. The van der Waals surface area contributed by atoms with Crippen molar-refractivity contribution in [2.24, 2.45) is 0 Å². The van der Waals surface area contributed by atoms with Gasteiger partial charge in [-0.2, -0.15) is 5.26 Å². The molecule has 0 saturated heterocycles. The first-order valence-electron chi connectivity index (χ1n) is 3.93. The van der Waals surface area contributed by atoms with E-state index in [1.807, 2.05) is 6.07 Å². The van der Waals surface area contributed by atoms with Crippen LogP contribution in [0.5, 0.6) is 0 Å². The van der Waals surface area contributed by atoms with Crippen LogP contribution < -0.4 is 0 Å². The van der Waals surface area contributed by atoms with E-state index in [9.17, 15) is 4.79 Å². The zero-order valence-electron chi connectivity index (χ0n) is 6.86. The van der Waals surface area contributed by atoms with Crippen molar-refractivity contribution in [3.63, 3.8) is 0 Å². The van der Waals surface area contributed by atoms with Gasteiger partial charge in [0.15, 0.2) is 0 Å². The zero-order valence-corrected chi connectivity index (χ0v) is 6.86. The molecule has 0 amide bonds. The fraction of sp³-hybridized carbons (Fsp3) is 0.750. The van der Waals surface area contributed by atoms with E-state index in [1.54, 1.807) is 0 Å². The molecule has 12 heavy (non-hydrogen) atoms. The van der Waals surface area contributed by atoms with Gasteiger partial charge in [-0.15, -0.1) is 0 Å². The summed E-state index contributed by atoms with van der Waals surface area (Å²) in [6.07, 6.45) is 1.41. The Hall–Kier alpha value is -1.08. The van der Waals surface area contributed by atoms with Gasteiger partial charge in [0.1, 0.15) is 0 Å². The normalized spacial score (nSPS) is 12.0. The lowest BCUT2D eigenvalue weighted by atomic mass is 10.1. The molecule has 0 aliphatic rings. The summed E-state index contributed by atoms with van der Waals surface area (Å²) >= 11 is 0. The number of hydrogen-bond acceptors (Lipinski definition) is 3. The van der Waals surface area contributed by atoms with E-state index in [-0.39, 0.29) is 6.42 Å². The van der Waals surface area contributed by atoms with E-state index in [1.165, 1.54) is 0 Å². The van der Waals surface area contributed by atoms with Crippen LogP contribution in [-0.4, -0.2) is 22.3 Å². The van der Waals surface area contributed by atoms with Gasteiger partial charge in [-0.05, 0) is 19.3 Å². The van der Waals surface area contributed by atoms with Crippen molar-refractivity contribution < 1.29 is 15.0 Å². The molecule has 0 saturated carbocycles. The van der Waals surface area contributed by atoms with Gasteiger partial charge in [0.2, 0.25) is 0 Å². The van der Waals surface area contributed by atoms with Crippen molar-refractivity contribution in [2.75, 3.05) is 0 Å². The number of aliphatic hydroxyl groups excluding tert-OH is 1. The highest BCUT2D eigenvalue weighted by Gasteiger charge is 2.08. The molecular weight excluding hydrogens is 158 g/mol. The van der Waals surface area contributed by atoms with Crippen LogP contribution in [-0.2, 0) is 4.79 Å². The molecule has 0 unspecified atom stereocenters. The van der Waals surface area contributed by atoms with Crippen LogP contribution in [0, 0.1) is 11.3 Å². The highest BCUT2D eigenvalue weighted by Crippen LogP contribution is 2.05. The van der Waals surface area contributed by atoms with Crippen LogP contribution >= 0.6 is 0 Å². The molecule has 4 heteroatoms. The molecule has 0 aliphatic heterocycles. The number of nitriles is 1. The second kappa shape index (κ2) is 6.62. The molecule has 0 aromatic carbocycles. The van der Waals surface area contributed by atoms with Gasteiger partial charge in [0.05, 0.1) is 18.6 Å². The zero-order chi connectivity index (χ0) is 9.40. The number of rotatable bonds is 6. The number of unbranched alkanes of at least 4 members (excludes halogenated alkanes) is 2. The van der Waals surface area contributed by atoms with Gasteiger partial charge < -0.3 is 10.2 Å². The average molecular weight is 171 g/mol. The van der Waals surface area contributed by atoms with Crippen LogP contribution in [0.2, 0.25) is 0 Å². The molecule has 2 N–H and O–H groups in total. The Balaban J connectivity index is 3.26. The Morgan fingerprint density at radius 3 is 2.67 bits per heavy atom. The summed E-state index contributed by atoms with van der Waals surface area (Å²) in [7, 11) is 0. The molecule has 0 rings (SSSR count). The van der Waals surface area contributed by atoms with Gasteiger partial charge in [0.25, 0.3) is 0 Å². The summed E-state index contributed by atoms with van der Waals surface area (Å²) in [6.45, 7) is 0. The smallest absolute Gasteiger partial charge is 0.305 e. The van der Waals surface area contributed by atoms with Crippen LogP contribution in [0.15, 0.2) is 0 Å². The maximum atomic E-state index is 10.1. The SMILES string of the molecule is N#CCCCC[C@H](O)CC(=O)O. The highest BCUT2D eigenvalue weighted by atomic mass is 16.4. The molecule has 0 aliphatic carbocycles. The van der Waals surface area contributed by atoms with Crippen molar-refractivity contribution in [2.45, 2.75) is 38.2 Å². The van der Waals surface area contributed by atoms with E-state index in [0.717, 1.165) is 6.42 Å². The van der Waals surface area contributed by atoms with Gasteiger partial charge in [-0.1, -0.05) is 0 Å². The fourth-order valence-corrected chi connectivity index (χ4v) is 0.888. The number of hydrogen-bond donors (Lipinski definition) is 2. The lowest BCUT2D eigenvalue weighted by molar-refractivity contribution is -0.139. The molecule has 0 radical (unpaired) electrons. The van der Waals surface area contributed by atoms with E-state index in [2.05, 4.69) is 0 Å². The van der Waals surface area contributed by atoms with Crippen molar-refractivity contribution in [1.29, 1.82) is 5.26 Å². The van der Waals surface area contributed by atoms with E-state index in [4.69, 9.17) is 15.5 Å². The molecule has 0 heterocycles. The Bertz CT molecular complexity index is 174. The third kappa shape index (κ3) is 7.03. The summed E-state index contributed by atoms with van der Waals surface area (Å²) in [5.41, 5.74) is 0. The number of nitrogens with zero attached hydrogens (tertiary/aromatic N) is 1.